The summed E-state index contributed by atoms with van der Waals surface area (Å²) in [5.74, 6) is 0.910. The standard InChI is InChI=1S/C25H26N2O4/c1-3-18-6-5-7-23(16-18)31-17-24(28)26-20-10-8-19(9-11-20)25(29)27-21-12-14-22(15-13-21)30-4-2/h5-16H,3-4,17H2,1-2H3,(H,26,28)(H,27,29). The molecule has 3 rings (SSSR count). The van der Waals surface area contributed by atoms with Gasteiger partial charge in [0.15, 0.2) is 6.61 Å². The molecule has 0 radical (unpaired) electrons. The number of rotatable bonds is 9. The molecule has 0 saturated heterocycles. The van der Waals surface area contributed by atoms with E-state index in [1.807, 2.05) is 31.2 Å². The number of aryl methyl sites for hydroxylation is 1. The maximum absolute atomic E-state index is 12.4. The van der Waals surface area contributed by atoms with E-state index in [0.717, 1.165) is 17.7 Å². The van der Waals surface area contributed by atoms with Gasteiger partial charge in [-0.1, -0.05) is 19.1 Å². The molecular weight excluding hydrogens is 392 g/mol. The Kier molecular flexibility index (Phi) is 7.65. The second-order valence-corrected chi connectivity index (χ2v) is 6.83. The fourth-order valence-electron chi connectivity index (χ4n) is 2.91. The van der Waals surface area contributed by atoms with E-state index in [9.17, 15) is 9.59 Å². The van der Waals surface area contributed by atoms with Gasteiger partial charge in [-0.05, 0) is 79.6 Å². The maximum Gasteiger partial charge on any atom is 0.262 e. The lowest BCUT2D eigenvalue weighted by Gasteiger charge is -2.10. The summed E-state index contributed by atoms with van der Waals surface area (Å²) in [6.07, 6.45) is 0.905. The predicted octanol–water partition coefficient (Wildman–Crippen LogP) is 4.92. The van der Waals surface area contributed by atoms with Gasteiger partial charge in [0.1, 0.15) is 11.5 Å². The Labute approximate surface area is 182 Å². The summed E-state index contributed by atoms with van der Waals surface area (Å²) in [7, 11) is 0. The average molecular weight is 418 g/mol. The molecule has 0 bridgehead atoms. The zero-order chi connectivity index (χ0) is 22.1. The van der Waals surface area contributed by atoms with Crippen LogP contribution in [0, 0.1) is 0 Å². The van der Waals surface area contributed by atoms with Crippen molar-refractivity contribution in [3.63, 3.8) is 0 Å². The van der Waals surface area contributed by atoms with E-state index in [2.05, 4.69) is 17.6 Å². The highest BCUT2D eigenvalue weighted by Gasteiger charge is 2.08. The Balaban J connectivity index is 1.50. The third kappa shape index (κ3) is 6.60. The van der Waals surface area contributed by atoms with E-state index < -0.39 is 0 Å². The first-order valence-electron chi connectivity index (χ1n) is 10.2. The summed E-state index contributed by atoms with van der Waals surface area (Å²) >= 11 is 0. The van der Waals surface area contributed by atoms with Gasteiger partial charge in [0, 0.05) is 16.9 Å². The minimum atomic E-state index is -0.270. The second-order valence-electron chi connectivity index (χ2n) is 6.83. The van der Waals surface area contributed by atoms with Gasteiger partial charge >= 0.3 is 0 Å². The summed E-state index contributed by atoms with van der Waals surface area (Å²) in [4.78, 5) is 24.6. The molecule has 0 fully saturated rings. The number of nitrogens with one attached hydrogen (secondary N) is 2. The Morgan fingerprint density at radius 1 is 0.774 bits per heavy atom. The van der Waals surface area contributed by atoms with Crippen molar-refractivity contribution in [3.05, 3.63) is 83.9 Å². The second kappa shape index (κ2) is 10.8. The highest BCUT2D eigenvalue weighted by atomic mass is 16.5. The van der Waals surface area contributed by atoms with Gasteiger partial charge in [0.05, 0.1) is 6.61 Å². The van der Waals surface area contributed by atoms with Crippen molar-refractivity contribution >= 4 is 23.2 Å². The molecule has 2 amide bonds. The SMILES string of the molecule is CCOc1ccc(NC(=O)c2ccc(NC(=O)COc3cccc(CC)c3)cc2)cc1. The molecule has 0 aliphatic carbocycles. The summed E-state index contributed by atoms with van der Waals surface area (Å²) in [6.45, 7) is 4.48. The van der Waals surface area contributed by atoms with Crippen LogP contribution in [0.3, 0.4) is 0 Å². The molecule has 0 atom stereocenters. The molecule has 0 aromatic heterocycles. The molecule has 160 valence electrons. The molecular formula is C25H26N2O4. The van der Waals surface area contributed by atoms with Crippen molar-refractivity contribution in [1.29, 1.82) is 0 Å². The molecule has 2 N–H and O–H groups in total. The number of carbonyl (C=O) groups is 2. The molecule has 0 heterocycles. The van der Waals surface area contributed by atoms with Gasteiger partial charge in [0.2, 0.25) is 0 Å². The van der Waals surface area contributed by atoms with Crippen LogP contribution in [-0.4, -0.2) is 25.0 Å². The highest BCUT2D eigenvalue weighted by molar-refractivity contribution is 6.04. The number of amides is 2. The number of hydrogen-bond acceptors (Lipinski definition) is 4. The van der Waals surface area contributed by atoms with Gasteiger partial charge in [-0.3, -0.25) is 9.59 Å². The molecule has 6 heteroatoms. The molecule has 0 saturated carbocycles. The van der Waals surface area contributed by atoms with Crippen LogP contribution < -0.4 is 20.1 Å². The normalized spacial score (nSPS) is 10.3. The van der Waals surface area contributed by atoms with Crippen LogP contribution in [0.25, 0.3) is 0 Å². The highest BCUT2D eigenvalue weighted by Crippen LogP contribution is 2.18. The molecule has 0 aliphatic heterocycles. The van der Waals surface area contributed by atoms with Crippen molar-refractivity contribution in [2.24, 2.45) is 0 Å². The Bertz CT molecular complexity index is 1010. The molecule has 31 heavy (non-hydrogen) atoms. The van der Waals surface area contributed by atoms with Crippen molar-refractivity contribution < 1.29 is 19.1 Å². The zero-order valence-electron chi connectivity index (χ0n) is 17.7. The lowest BCUT2D eigenvalue weighted by Crippen LogP contribution is -2.20. The largest absolute Gasteiger partial charge is 0.494 e. The Hall–Kier alpha value is -3.80. The Morgan fingerprint density at radius 2 is 1.45 bits per heavy atom. The van der Waals surface area contributed by atoms with Gasteiger partial charge < -0.3 is 20.1 Å². The zero-order valence-corrected chi connectivity index (χ0v) is 17.7. The number of hydrogen-bond donors (Lipinski definition) is 2. The maximum atomic E-state index is 12.4. The third-order valence-corrected chi connectivity index (χ3v) is 4.53. The first-order valence-corrected chi connectivity index (χ1v) is 10.2. The first kappa shape index (κ1) is 21.9. The molecule has 6 nitrogen and oxygen atoms in total. The third-order valence-electron chi connectivity index (χ3n) is 4.53. The van der Waals surface area contributed by atoms with Crippen molar-refractivity contribution in [2.75, 3.05) is 23.8 Å². The van der Waals surface area contributed by atoms with Crippen LogP contribution in [-0.2, 0) is 11.2 Å². The van der Waals surface area contributed by atoms with E-state index in [0.29, 0.717) is 29.3 Å². The quantitative estimate of drug-likeness (QED) is 0.517. The van der Waals surface area contributed by atoms with Crippen LogP contribution in [0.2, 0.25) is 0 Å². The van der Waals surface area contributed by atoms with Gasteiger partial charge in [-0.2, -0.15) is 0 Å². The summed E-state index contributed by atoms with van der Waals surface area (Å²) in [5.41, 5.74) is 2.90. The topological polar surface area (TPSA) is 76.7 Å². The monoisotopic (exact) mass is 418 g/mol. The first-order chi connectivity index (χ1) is 15.1. The van der Waals surface area contributed by atoms with Crippen LogP contribution in [0.1, 0.15) is 29.8 Å². The van der Waals surface area contributed by atoms with Gasteiger partial charge in [-0.15, -0.1) is 0 Å². The van der Waals surface area contributed by atoms with Crippen molar-refractivity contribution in [2.45, 2.75) is 20.3 Å². The molecule has 0 spiro atoms. The summed E-state index contributed by atoms with van der Waals surface area (Å²) in [6, 6.07) is 21.5. The van der Waals surface area contributed by atoms with Crippen molar-refractivity contribution in [3.8, 4) is 11.5 Å². The van der Waals surface area contributed by atoms with Crippen LogP contribution in [0.15, 0.2) is 72.8 Å². The minimum Gasteiger partial charge on any atom is -0.494 e. The van der Waals surface area contributed by atoms with Crippen LogP contribution in [0.5, 0.6) is 11.5 Å². The van der Waals surface area contributed by atoms with Crippen LogP contribution >= 0.6 is 0 Å². The molecule has 0 unspecified atom stereocenters. The van der Waals surface area contributed by atoms with E-state index >= 15 is 0 Å². The summed E-state index contributed by atoms with van der Waals surface area (Å²) < 4.78 is 10.9. The predicted molar refractivity (Wildman–Crippen MR) is 122 cm³/mol. The van der Waals surface area contributed by atoms with Gasteiger partial charge in [0.25, 0.3) is 11.8 Å². The number of anilines is 2. The fraction of sp³-hybridized carbons (Fsp3) is 0.200. The van der Waals surface area contributed by atoms with E-state index in [4.69, 9.17) is 9.47 Å². The molecule has 3 aromatic rings. The van der Waals surface area contributed by atoms with E-state index in [-0.39, 0.29) is 18.4 Å². The van der Waals surface area contributed by atoms with Crippen LogP contribution in [0.4, 0.5) is 11.4 Å². The smallest absolute Gasteiger partial charge is 0.262 e. The number of carbonyl (C=O) groups excluding carboxylic acids is 2. The Morgan fingerprint density at radius 3 is 2.13 bits per heavy atom. The molecule has 3 aromatic carbocycles. The average Bonchev–Trinajstić information content (AvgIpc) is 2.80. The fourth-order valence-corrected chi connectivity index (χ4v) is 2.91. The summed E-state index contributed by atoms with van der Waals surface area (Å²) in [5, 5.41) is 5.60. The lowest BCUT2D eigenvalue weighted by molar-refractivity contribution is -0.118. The molecule has 0 aliphatic rings. The van der Waals surface area contributed by atoms with E-state index in [1.54, 1.807) is 48.5 Å². The minimum absolute atomic E-state index is 0.0901. The van der Waals surface area contributed by atoms with Crippen molar-refractivity contribution in [1.82, 2.24) is 0 Å². The number of benzene rings is 3. The number of ether oxygens (including phenoxy) is 2. The van der Waals surface area contributed by atoms with Gasteiger partial charge in [-0.25, -0.2) is 0 Å². The van der Waals surface area contributed by atoms with E-state index in [1.165, 1.54) is 0 Å². The lowest BCUT2D eigenvalue weighted by atomic mass is 10.2.